The van der Waals surface area contributed by atoms with Crippen LogP contribution in [0.15, 0.2) is 72.4 Å². The van der Waals surface area contributed by atoms with Crippen LogP contribution in [0.4, 0.5) is 11.5 Å². The van der Waals surface area contributed by atoms with Gasteiger partial charge >= 0.3 is 0 Å². The number of benzene rings is 2. The summed E-state index contributed by atoms with van der Waals surface area (Å²) in [4.78, 5) is 9.16. The van der Waals surface area contributed by atoms with Gasteiger partial charge in [0, 0.05) is 53.4 Å². The molecule has 7 nitrogen and oxygen atoms in total. The third-order valence-corrected chi connectivity index (χ3v) is 6.01. The summed E-state index contributed by atoms with van der Waals surface area (Å²) in [6.45, 7) is 0. The fourth-order valence-electron chi connectivity index (χ4n) is 4.53. The minimum atomic E-state index is 0.749. The number of hydrogen-bond acceptors (Lipinski definition) is 5. The van der Waals surface area contributed by atoms with E-state index in [1.807, 2.05) is 28.8 Å². The van der Waals surface area contributed by atoms with Crippen molar-refractivity contribution in [2.45, 2.75) is 12.8 Å². The fourth-order valence-corrected chi connectivity index (χ4v) is 4.53. The van der Waals surface area contributed by atoms with Crippen LogP contribution in [0.3, 0.4) is 0 Å². The van der Waals surface area contributed by atoms with E-state index >= 15 is 0 Å². The van der Waals surface area contributed by atoms with Crippen LogP contribution in [0.2, 0.25) is 0 Å². The third-order valence-electron chi connectivity index (χ3n) is 6.01. The van der Waals surface area contributed by atoms with Crippen LogP contribution in [0.25, 0.3) is 27.8 Å². The highest BCUT2D eigenvalue weighted by Gasteiger charge is 2.21. The van der Waals surface area contributed by atoms with E-state index < -0.39 is 0 Å². The Labute approximate surface area is 178 Å². The van der Waals surface area contributed by atoms with Crippen LogP contribution in [-0.2, 0) is 13.5 Å². The van der Waals surface area contributed by atoms with Gasteiger partial charge in [-0.25, -0.2) is 4.98 Å². The molecule has 7 heteroatoms. The third kappa shape index (κ3) is 2.70. The van der Waals surface area contributed by atoms with Gasteiger partial charge in [0.2, 0.25) is 0 Å². The molecule has 0 aliphatic heterocycles. The number of fused-ring (bicyclic) bond motifs is 3. The number of aryl methyl sites for hydroxylation is 2. The molecule has 1 aliphatic rings. The average molecular weight is 408 g/mol. The highest BCUT2D eigenvalue weighted by atomic mass is 16.4. The largest absolute Gasteiger partial charge is 0.411 e. The van der Waals surface area contributed by atoms with Gasteiger partial charge in [0.25, 0.3) is 0 Å². The second-order valence-electron chi connectivity index (χ2n) is 7.83. The summed E-state index contributed by atoms with van der Waals surface area (Å²) < 4.78 is 4.15. The molecule has 152 valence electrons. The first-order valence-corrected chi connectivity index (χ1v) is 10.2. The normalized spacial score (nSPS) is 14.5. The Kier molecular flexibility index (Phi) is 3.83. The molecule has 5 aromatic rings. The minimum absolute atomic E-state index is 0.749. The predicted octanol–water partition coefficient (Wildman–Crippen LogP) is 4.76. The first-order chi connectivity index (χ1) is 15.2. The number of nitrogens with one attached hydrogen (secondary N) is 1. The van der Waals surface area contributed by atoms with Crippen molar-refractivity contribution in [2.24, 2.45) is 12.2 Å². The number of hydrogen-bond donors (Lipinski definition) is 2. The van der Waals surface area contributed by atoms with Crippen molar-refractivity contribution < 1.29 is 5.21 Å². The molecule has 0 fully saturated rings. The topological polar surface area (TPSA) is 79.7 Å². The maximum atomic E-state index is 9.21. The van der Waals surface area contributed by atoms with E-state index in [2.05, 4.69) is 57.5 Å². The monoisotopic (exact) mass is 408 g/mol. The average Bonchev–Trinajstić information content (AvgIpc) is 3.47. The molecule has 1 aliphatic carbocycles. The number of imidazole rings is 1. The molecule has 2 aromatic carbocycles. The standard InChI is InChI=1S/C24H20N6O/c1-29-14-19(18-4-2-3-5-21(18)29)23-24(30-11-10-25-13-22(30)27-23)26-16-7-8-17-15(12-16)6-9-20(17)28-31/h2-5,7-8,10-14,26,31H,6,9H2,1H3/b28-20+. The second-order valence-corrected chi connectivity index (χ2v) is 7.83. The van der Waals surface area contributed by atoms with Crippen molar-refractivity contribution in [3.05, 3.63) is 78.4 Å². The molecule has 31 heavy (non-hydrogen) atoms. The quantitative estimate of drug-likeness (QED) is 0.333. The summed E-state index contributed by atoms with van der Waals surface area (Å²) in [5.41, 5.74) is 7.81. The summed E-state index contributed by atoms with van der Waals surface area (Å²) in [6, 6.07) is 14.5. The fraction of sp³-hybridized carbons (Fsp3) is 0.125. The van der Waals surface area contributed by atoms with Crippen LogP contribution in [0, 0.1) is 0 Å². The van der Waals surface area contributed by atoms with Gasteiger partial charge in [-0.1, -0.05) is 29.4 Å². The van der Waals surface area contributed by atoms with Crippen molar-refractivity contribution in [3.63, 3.8) is 0 Å². The lowest BCUT2D eigenvalue weighted by molar-refractivity contribution is 0.318. The molecule has 0 atom stereocenters. The maximum Gasteiger partial charge on any atom is 0.157 e. The van der Waals surface area contributed by atoms with Gasteiger partial charge in [-0.05, 0) is 36.6 Å². The Hall–Kier alpha value is -4.13. The van der Waals surface area contributed by atoms with Crippen molar-refractivity contribution in [2.75, 3.05) is 5.32 Å². The first kappa shape index (κ1) is 17.7. The second kappa shape index (κ2) is 6.70. The molecule has 0 saturated heterocycles. The Balaban J connectivity index is 1.52. The lowest BCUT2D eigenvalue weighted by Gasteiger charge is -2.10. The van der Waals surface area contributed by atoms with Gasteiger partial charge in [0.15, 0.2) is 5.65 Å². The Morgan fingerprint density at radius 1 is 1.10 bits per heavy atom. The number of aromatic nitrogens is 4. The van der Waals surface area contributed by atoms with Crippen LogP contribution in [0.1, 0.15) is 17.5 Å². The van der Waals surface area contributed by atoms with Crippen LogP contribution in [-0.4, -0.2) is 29.9 Å². The van der Waals surface area contributed by atoms with E-state index in [0.717, 1.165) is 63.4 Å². The van der Waals surface area contributed by atoms with Gasteiger partial charge in [-0.2, -0.15) is 0 Å². The van der Waals surface area contributed by atoms with Crippen LogP contribution >= 0.6 is 0 Å². The first-order valence-electron chi connectivity index (χ1n) is 10.2. The summed E-state index contributed by atoms with van der Waals surface area (Å²) in [5, 5.41) is 17.4. The van der Waals surface area contributed by atoms with E-state index in [0.29, 0.717) is 0 Å². The van der Waals surface area contributed by atoms with E-state index in [1.54, 1.807) is 12.4 Å². The molecule has 3 aromatic heterocycles. The summed E-state index contributed by atoms with van der Waals surface area (Å²) in [5.74, 6) is 0.891. The molecule has 0 spiro atoms. The zero-order chi connectivity index (χ0) is 20.9. The molecule has 0 amide bonds. The van der Waals surface area contributed by atoms with Gasteiger partial charge < -0.3 is 15.1 Å². The highest BCUT2D eigenvalue weighted by molar-refractivity contribution is 6.04. The molecule has 6 rings (SSSR count). The van der Waals surface area contributed by atoms with Gasteiger partial charge in [0.1, 0.15) is 11.5 Å². The number of rotatable bonds is 3. The van der Waals surface area contributed by atoms with Crippen LogP contribution in [0.5, 0.6) is 0 Å². The van der Waals surface area contributed by atoms with Crippen molar-refractivity contribution >= 4 is 33.8 Å². The molecular weight excluding hydrogens is 388 g/mol. The maximum absolute atomic E-state index is 9.21. The SMILES string of the molecule is Cn1cc(-c2nc3cnccn3c2Nc2ccc3c(c2)CC/C3=N\O)c2ccccc21. The van der Waals surface area contributed by atoms with Gasteiger partial charge in [-0.3, -0.25) is 9.38 Å². The molecule has 2 N–H and O–H groups in total. The van der Waals surface area contributed by atoms with Crippen molar-refractivity contribution in [3.8, 4) is 11.3 Å². The predicted molar refractivity (Wildman–Crippen MR) is 121 cm³/mol. The van der Waals surface area contributed by atoms with E-state index in [9.17, 15) is 5.21 Å². The molecule has 0 radical (unpaired) electrons. The van der Waals surface area contributed by atoms with Crippen molar-refractivity contribution in [1.82, 2.24) is 18.9 Å². The summed E-state index contributed by atoms with van der Waals surface area (Å²) in [7, 11) is 2.05. The Bertz CT molecular complexity index is 1490. The Morgan fingerprint density at radius 3 is 2.90 bits per heavy atom. The van der Waals surface area contributed by atoms with Gasteiger partial charge in [0.05, 0.1) is 11.9 Å². The van der Waals surface area contributed by atoms with E-state index in [4.69, 9.17) is 4.98 Å². The number of para-hydroxylation sites is 1. The molecule has 0 bridgehead atoms. The number of nitrogens with zero attached hydrogens (tertiary/aromatic N) is 5. The van der Waals surface area contributed by atoms with Gasteiger partial charge in [-0.15, -0.1) is 0 Å². The smallest absolute Gasteiger partial charge is 0.157 e. The summed E-state index contributed by atoms with van der Waals surface area (Å²) >= 11 is 0. The van der Waals surface area contributed by atoms with E-state index in [1.165, 1.54) is 5.56 Å². The molecular formula is C24H20N6O. The summed E-state index contributed by atoms with van der Waals surface area (Å²) in [6.07, 6.45) is 9.21. The lowest BCUT2D eigenvalue weighted by atomic mass is 10.1. The molecule has 0 saturated carbocycles. The van der Waals surface area contributed by atoms with E-state index in [-0.39, 0.29) is 0 Å². The van der Waals surface area contributed by atoms with Crippen molar-refractivity contribution in [1.29, 1.82) is 0 Å². The number of anilines is 2. The lowest BCUT2D eigenvalue weighted by Crippen LogP contribution is -1.99. The minimum Gasteiger partial charge on any atom is -0.411 e. The zero-order valence-corrected chi connectivity index (χ0v) is 16.9. The molecule has 3 heterocycles. The highest BCUT2D eigenvalue weighted by Crippen LogP contribution is 2.37. The Morgan fingerprint density at radius 2 is 2.00 bits per heavy atom. The molecule has 0 unspecified atom stereocenters. The number of oxime groups is 1. The van der Waals surface area contributed by atoms with Crippen LogP contribution < -0.4 is 5.32 Å². The zero-order valence-electron chi connectivity index (χ0n) is 16.9.